The number of fused-ring (bicyclic) bond motifs is 1. The van der Waals surface area contributed by atoms with Crippen LogP contribution in [0.3, 0.4) is 0 Å². The average molecular weight is 319 g/mol. The highest BCUT2D eigenvalue weighted by Crippen LogP contribution is 2.38. The summed E-state index contributed by atoms with van der Waals surface area (Å²) in [5.74, 6) is 1.32. The fourth-order valence-electron chi connectivity index (χ4n) is 3.80. The van der Waals surface area contributed by atoms with Crippen LogP contribution in [0.5, 0.6) is 11.5 Å². The molecule has 6 heteroatoms. The van der Waals surface area contributed by atoms with Crippen LogP contribution in [0.1, 0.15) is 29.6 Å². The Hall–Kier alpha value is -1.79. The van der Waals surface area contributed by atoms with E-state index in [9.17, 15) is 4.79 Å². The van der Waals surface area contributed by atoms with Gasteiger partial charge in [0.25, 0.3) is 5.91 Å². The Kier molecular flexibility index (Phi) is 3.66. The molecule has 4 rings (SSSR count). The maximum atomic E-state index is 12.8. The molecule has 0 unspecified atom stereocenters. The Labute approximate surface area is 135 Å². The zero-order chi connectivity index (χ0) is 15.9. The van der Waals surface area contributed by atoms with Crippen molar-refractivity contribution in [3.8, 4) is 11.5 Å². The molecule has 1 aromatic carbocycles. The first-order chi connectivity index (χ1) is 11.2. The van der Waals surface area contributed by atoms with Crippen molar-refractivity contribution in [3.05, 3.63) is 23.8 Å². The second-order valence-corrected chi connectivity index (χ2v) is 6.31. The third-order valence-electron chi connectivity index (χ3n) is 5.10. The molecule has 2 fully saturated rings. The van der Waals surface area contributed by atoms with Crippen molar-refractivity contribution in [3.63, 3.8) is 0 Å². The Morgan fingerprint density at radius 1 is 1.30 bits per heavy atom. The zero-order valence-electron chi connectivity index (χ0n) is 13.2. The van der Waals surface area contributed by atoms with E-state index in [1.165, 1.54) is 0 Å². The molecule has 124 valence electrons. The van der Waals surface area contributed by atoms with Gasteiger partial charge in [0.1, 0.15) is 6.10 Å². The monoisotopic (exact) mass is 319 g/mol. The number of carbonyl (C=O) groups is 1. The lowest BCUT2D eigenvalue weighted by molar-refractivity contribution is -0.136. The fraction of sp³-hybridized carbons (Fsp3) is 0.588. The van der Waals surface area contributed by atoms with Crippen molar-refractivity contribution < 1.29 is 23.7 Å². The molecule has 6 nitrogen and oxygen atoms in total. The highest BCUT2D eigenvalue weighted by atomic mass is 16.7. The van der Waals surface area contributed by atoms with E-state index >= 15 is 0 Å². The Morgan fingerprint density at radius 3 is 2.96 bits per heavy atom. The van der Waals surface area contributed by atoms with Crippen LogP contribution >= 0.6 is 0 Å². The van der Waals surface area contributed by atoms with Gasteiger partial charge >= 0.3 is 0 Å². The number of hydrogen-bond acceptors (Lipinski definition) is 5. The smallest absolute Gasteiger partial charge is 0.254 e. The second-order valence-electron chi connectivity index (χ2n) is 6.31. The predicted molar refractivity (Wildman–Crippen MR) is 81.8 cm³/mol. The largest absolute Gasteiger partial charge is 0.454 e. The van der Waals surface area contributed by atoms with E-state index in [1.807, 2.05) is 4.90 Å². The van der Waals surface area contributed by atoms with Crippen LogP contribution < -0.4 is 9.47 Å². The molecule has 1 spiro atoms. The molecule has 0 aliphatic carbocycles. The lowest BCUT2D eigenvalue weighted by Gasteiger charge is -2.44. The van der Waals surface area contributed by atoms with Gasteiger partial charge in [-0.05, 0) is 37.5 Å². The first-order valence-corrected chi connectivity index (χ1v) is 8.07. The Balaban J connectivity index is 1.51. The Bertz CT molecular complexity index is 611. The van der Waals surface area contributed by atoms with E-state index in [-0.39, 0.29) is 24.4 Å². The van der Waals surface area contributed by atoms with E-state index in [0.29, 0.717) is 30.2 Å². The van der Waals surface area contributed by atoms with Crippen LogP contribution in [-0.2, 0) is 9.47 Å². The topological polar surface area (TPSA) is 57.2 Å². The summed E-state index contributed by atoms with van der Waals surface area (Å²) in [6.07, 6.45) is 2.83. The number of benzene rings is 1. The van der Waals surface area contributed by atoms with Crippen LogP contribution in [0.4, 0.5) is 0 Å². The molecule has 1 aromatic rings. The summed E-state index contributed by atoms with van der Waals surface area (Å²) in [4.78, 5) is 14.6. The van der Waals surface area contributed by atoms with Gasteiger partial charge in [0.2, 0.25) is 6.79 Å². The minimum Gasteiger partial charge on any atom is -0.454 e. The molecule has 0 bridgehead atoms. The SMILES string of the molecule is CO[C@H]1CN(C(=O)c2ccc3c(c2)OCO3)CC[C@@]12CCCO2. The van der Waals surface area contributed by atoms with Crippen molar-refractivity contribution >= 4 is 5.91 Å². The summed E-state index contributed by atoms with van der Waals surface area (Å²) in [5, 5.41) is 0. The summed E-state index contributed by atoms with van der Waals surface area (Å²) in [5.41, 5.74) is 0.410. The Morgan fingerprint density at radius 2 is 2.17 bits per heavy atom. The maximum Gasteiger partial charge on any atom is 0.254 e. The molecule has 23 heavy (non-hydrogen) atoms. The van der Waals surface area contributed by atoms with Crippen molar-refractivity contribution in [1.29, 1.82) is 0 Å². The highest BCUT2D eigenvalue weighted by molar-refractivity contribution is 5.95. The summed E-state index contributed by atoms with van der Waals surface area (Å²) in [6, 6.07) is 5.33. The zero-order valence-corrected chi connectivity index (χ0v) is 13.2. The van der Waals surface area contributed by atoms with Crippen LogP contribution in [0.15, 0.2) is 18.2 Å². The van der Waals surface area contributed by atoms with Gasteiger partial charge in [-0.2, -0.15) is 0 Å². The van der Waals surface area contributed by atoms with Gasteiger partial charge in [0.15, 0.2) is 11.5 Å². The third kappa shape index (κ3) is 2.46. The van der Waals surface area contributed by atoms with Crippen molar-refractivity contribution in [1.82, 2.24) is 4.90 Å². The number of nitrogens with zero attached hydrogens (tertiary/aromatic N) is 1. The van der Waals surface area contributed by atoms with E-state index in [4.69, 9.17) is 18.9 Å². The van der Waals surface area contributed by atoms with Gasteiger partial charge < -0.3 is 23.8 Å². The van der Waals surface area contributed by atoms with Crippen LogP contribution in [0.25, 0.3) is 0 Å². The number of methoxy groups -OCH3 is 1. The molecule has 2 saturated heterocycles. The minimum atomic E-state index is -0.208. The number of ether oxygens (including phenoxy) is 4. The van der Waals surface area contributed by atoms with Gasteiger partial charge in [0, 0.05) is 32.4 Å². The number of hydrogen-bond donors (Lipinski definition) is 0. The van der Waals surface area contributed by atoms with Gasteiger partial charge in [0.05, 0.1) is 5.60 Å². The number of amides is 1. The van der Waals surface area contributed by atoms with Gasteiger partial charge in [-0.15, -0.1) is 0 Å². The number of rotatable bonds is 2. The molecular formula is C17H21NO5. The summed E-state index contributed by atoms with van der Waals surface area (Å²) < 4.78 is 22.3. The van der Waals surface area contributed by atoms with Crippen molar-refractivity contribution in [2.75, 3.05) is 33.6 Å². The molecule has 2 atom stereocenters. The summed E-state index contributed by atoms with van der Waals surface area (Å²) in [6.45, 7) is 2.25. The first kappa shape index (κ1) is 14.8. The lowest BCUT2D eigenvalue weighted by atomic mass is 9.85. The number of piperidine rings is 1. The molecule has 1 amide bonds. The van der Waals surface area contributed by atoms with Gasteiger partial charge in [-0.25, -0.2) is 0 Å². The quantitative estimate of drug-likeness (QED) is 0.832. The molecule has 0 N–H and O–H groups in total. The van der Waals surface area contributed by atoms with Crippen molar-refractivity contribution in [2.24, 2.45) is 0 Å². The summed E-state index contributed by atoms with van der Waals surface area (Å²) in [7, 11) is 1.70. The van der Waals surface area contributed by atoms with Crippen LogP contribution in [-0.4, -0.2) is 56.1 Å². The van der Waals surface area contributed by atoms with E-state index in [1.54, 1.807) is 25.3 Å². The van der Waals surface area contributed by atoms with Crippen LogP contribution in [0.2, 0.25) is 0 Å². The molecule has 0 aromatic heterocycles. The maximum absolute atomic E-state index is 12.8. The number of carbonyl (C=O) groups excluding carboxylic acids is 1. The standard InChI is InChI=1S/C17H21NO5/c1-20-15-10-18(7-6-17(15)5-2-8-23-17)16(19)12-3-4-13-14(9-12)22-11-21-13/h3-4,9,15H,2,5-8,10-11H2,1H3/t15-,17-/m0/s1. The van der Waals surface area contributed by atoms with E-state index in [2.05, 4.69) is 0 Å². The predicted octanol–water partition coefficient (Wildman–Crippen LogP) is 1.83. The van der Waals surface area contributed by atoms with E-state index in [0.717, 1.165) is 25.9 Å². The van der Waals surface area contributed by atoms with Crippen molar-refractivity contribution in [2.45, 2.75) is 31.0 Å². The third-order valence-corrected chi connectivity index (χ3v) is 5.10. The first-order valence-electron chi connectivity index (χ1n) is 8.07. The minimum absolute atomic E-state index is 0.00167. The molecule has 3 heterocycles. The summed E-state index contributed by atoms with van der Waals surface area (Å²) >= 11 is 0. The lowest BCUT2D eigenvalue weighted by Crippen LogP contribution is -2.57. The molecule has 3 aliphatic rings. The van der Waals surface area contributed by atoms with E-state index < -0.39 is 0 Å². The van der Waals surface area contributed by atoms with Gasteiger partial charge in [-0.3, -0.25) is 4.79 Å². The number of likely N-dealkylation sites (tertiary alicyclic amines) is 1. The molecule has 0 radical (unpaired) electrons. The molecular weight excluding hydrogens is 298 g/mol. The molecule has 0 saturated carbocycles. The van der Waals surface area contributed by atoms with Gasteiger partial charge in [-0.1, -0.05) is 0 Å². The average Bonchev–Trinajstić information content (AvgIpc) is 3.23. The normalized spacial score (nSPS) is 29.3. The van der Waals surface area contributed by atoms with Crippen LogP contribution in [0, 0.1) is 0 Å². The molecule has 3 aliphatic heterocycles. The fourth-order valence-corrected chi connectivity index (χ4v) is 3.80. The second kappa shape index (κ2) is 5.69. The highest BCUT2D eigenvalue weighted by Gasteiger charge is 2.47.